The number of ether oxygens (including phenoxy) is 8. The molecule has 0 aromatic carbocycles. The van der Waals surface area contributed by atoms with E-state index in [0.29, 0.717) is 5.41 Å². The van der Waals surface area contributed by atoms with Crippen LogP contribution in [0, 0.1) is 5.41 Å². The Morgan fingerprint density at radius 1 is 0.311 bits per heavy atom. The number of unbranched alkanes of at least 4 members (excludes halogenated alkanes) is 8. The molecule has 0 rings (SSSR count). The van der Waals surface area contributed by atoms with Crippen molar-refractivity contribution >= 4 is 38.1 Å². The summed E-state index contributed by atoms with van der Waals surface area (Å²) in [5.74, 6) is 0.305. The molecule has 0 saturated carbocycles. The summed E-state index contributed by atoms with van der Waals surface area (Å²) in [5.41, 5.74) is 0.496. The number of hydrogen-bond donors (Lipinski definition) is 0. The molecule has 0 amide bonds. The Labute approximate surface area is 288 Å². The fourth-order valence-corrected chi connectivity index (χ4v) is 12.5. The highest BCUT2D eigenvalue weighted by Gasteiger charge is 2.28. The molecule has 0 aliphatic rings. The SMILES string of the molecule is COC(OC)[SiH2]CCCCCC(CCCCC[SiH2]C(OC)OC)(CCCCC[SiH2]C(OC)OC)CCCCC[SiH2]C(OC)OC. The zero-order valence-corrected chi connectivity index (χ0v) is 36.7. The van der Waals surface area contributed by atoms with Gasteiger partial charge in [0.05, 0.1) is 38.1 Å². The van der Waals surface area contributed by atoms with Crippen LogP contribution in [0.4, 0.5) is 0 Å². The van der Waals surface area contributed by atoms with Crippen LogP contribution >= 0.6 is 0 Å². The zero-order chi connectivity index (χ0) is 33.4. The van der Waals surface area contributed by atoms with Gasteiger partial charge in [0, 0.05) is 56.9 Å². The van der Waals surface area contributed by atoms with E-state index in [0.717, 1.165) is 0 Å². The second kappa shape index (κ2) is 33.1. The second-order valence-electron chi connectivity index (χ2n) is 12.9. The van der Waals surface area contributed by atoms with E-state index in [2.05, 4.69) is 0 Å². The summed E-state index contributed by atoms with van der Waals surface area (Å²) in [5, 5.41) is 0. The Bertz CT molecular complexity index is 494. The van der Waals surface area contributed by atoms with Gasteiger partial charge in [-0.05, 0) is 31.1 Å². The maximum atomic E-state index is 5.46. The zero-order valence-electron chi connectivity index (χ0n) is 31.0. The first-order chi connectivity index (χ1) is 22.0. The molecule has 45 heavy (non-hydrogen) atoms. The average Bonchev–Trinajstić information content (AvgIpc) is 3.07. The van der Waals surface area contributed by atoms with Crippen molar-refractivity contribution in [3.63, 3.8) is 0 Å². The van der Waals surface area contributed by atoms with E-state index in [4.69, 9.17) is 37.9 Å². The first-order valence-corrected chi connectivity index (χ1v) is 25.5. The van der Waals surface area contributed by atoms with Crippen LogP contribution in [0.1, 0.15) is 103 Å². The van der Waals surface area contributed by atoms with E-state index in [1.807, 2.05) is 0 Å². The van der Waals surface area contributed by atoms with Crippen molar-refractivity contribution < 1.29 is 37.9 Å². The molecule has 0 radical (unpaired) electrons. The molecule has 0 bridgehead atoms. The second-order valence-corrected chi connectivity index (χ2v) is 20.7. The van der Waals surface area contributed by atoms with Gasteiger partial charge in [-0.25, -0.2) is 0 Å². The van der Waals surface area contributed by atoms with Crippen LogP contribution < -0.4 is 0 Å². The Hall–Kier alpha value is 0.548. The van der Waals surface area contributed by atoms with E-state index in [1.165, 1.54) is 127 Å². The number of hydrogen-bond acceptors (Lipinski definition) is 8. The summed E-state index contributed by atoms with van der Waals surface area (Å²) >= 11 is 0. The van der Waals surface area contributed by atoms with E-state index < -0.39 is 0 Å². The van der Waals surface area contributed by atoms with Crippen molar-refractivity contribution in [3.05, 3.63) is 0 Å². The molecule has 0 unspecified atom stereocenters. The Balaban J connectivity index is 5.15. The van der Waals surface area contributed by atoms with Gasteiger partial charge in [0.25, 0.3) is 0 Å². The van der Waals surface area contributed by atoms with Crippen LogP contribution in [0.15, 0.2) is 0 Å². The highest BCUT2D eigenvalue weighted by atomic mass is 28.2. The van der Waals surface area contributed by atoms with E-state index >= 15 is 0 Å². The monoisotopic (exact) mass is 712 g/mol. The highest BCUT2D eigenvalue weighted by molar-refractivity contribution is 6.37. The topological polar surface area (TPSA) is 73.8 Å². The minimum atomic E-state index is -0.319. The maximum absolute atomic E-state index is 5.46. The lowest BCUT2D eigenvalue weighted by Gasteiger charge is -2.35. The van der Waals surface area contributed by atoms with Gasteiger partial charge in [-0.1, -0.05) is 101 Å². The van der Waals surface area contributed by atoms with Gasteiger partial charge in [-0.15, -0.1) is 0 Å². The van der Waals surface area contributed by atoms with Gasteiger partial charge in [0.15, 0.2) is 0 Å². The lowest BCUT2D eigenvalue weighted by molar-refractivity contribution is -0.0442. The minimum Gasteiger partial charge on any atom is -0.360 e. The lowest BCUT2D eigenvalue weighted by Crippen LogP contribution is -2.23. The molecule has 12 heteroatoms. The van der Waals surface area contributed by atoms with Crippen LogP contribution in [-0.2, 0) is 37.9 Å². The summed E-state index contributed by atoms with van der Waals surface area (Å²) in [4.78, 5) is 0. The fourth-order valence-electron chi connectivity index (χ4n) is 6.74. The first kappa shape index (κ1) is 45.5. The molecule has 0 fully saturated rings. The van der Waals surface area contributed by atoms with Crippen molar-refractivity contribution in [2.75, 3.05) is 56.9 Å². The molecule has 8 nitrogen and oxygen atoms in total. The fraction of sp³-hybridized carbons (Fsp3) is 1.00. The molecule has 272 valence electrons. The van der Waals surface area contributed by atoms with Crippen molar-refractivity contribution in [1.82, 2.24) is 0 Å². The molecule has 0 spiro atoms. The van der Waals surface area contributed by atoms with Crippen LogP contribution in [0.5, 0.6) is 0 Å². The summed E-state index contributed by atoms with van der Waals surface area (Å²) in [6, 6.07) is 5.26. The largest absolute Gasteiger partial charge is 0.360 e. The van der Waals surface area contributed by atoms with Gasteiger partial charge in [-0.3, -0.25) is 0 Å². The minimum absolute atomic E-state index is 0.0763. The summed E-state index contributed by atoms with van der Waals surface area (Å²) in [7, 11) is 12.9. The van der Waals surface area contributed by atoms with Crippen LogP contribution in [0.25, 0.3) is 0 Å². The normalized spacial score (nSPS) is 14.7. The summed E-state index contributed by atoms with van der Waals surface area (Å²) in [6.45, 7) is 0. The van der Waals surface area contributed by atoms with Crippen molar-refractivity contribution in [1.29, 1.82) is 0 Å². The molecular weight excluding hydrogens is 637 g/mol. The molecule has 0 N–H and O–H groups in total. The predicted molar refractivity (Wildman–Crippen MR) is 201 cm³/mol. The van der Waals surface area contributed by atoms with Gasteiger partial charge in [0.2, 0.25) is 0 Å². The first-order valence-electron chi connectivity index (χ1n) is 18.2. The van der Waals surface area contributed by atoms with Crippen molar-refractivity contribution in [3.8, 4) is 0 Å². The number of methoxy groups -OCH3 is 8. The number of rotatable bonds is 36. The molecule has 0 aliphatic carbocycles. The van der Waals surface area contributed by atoms with Crippen LogP contribution in [0.2, 0.25) is 24.2 Å². The van der Waals surface area contributed by atoms with Gasteiger partial charge < -0.3 is 37.9 Å². The summed E-state index contributed by atoms with van der Waals surface area (Å²) < 4.78 is 43.7. The lowest BCUT2D eigenvalue weighted by atomic mass is 9.70. The molecule has 0 aromatic rings. The quantitative estimate of drug-likeness (QED) is 0.0518. The van der Waals surface area contributed by atoms with Crippen LogP contribution in [0.3, 0.4) is 0 Å². The third-order valence-corrected chi connectivity index (χ3v) is 17.9. The third-order valence-electron chi connectivity index (χ3n) is 9.69. The molecule has 0 heterocycles. The molecule has 0 saturated heterocycles. The van der Waals surface area contributed by atoms with E-state index in [-0.39, 0.29) is 61.7 Å². The average molecular weight is 713 g/mol. The standard InChI is InChI=1S/C33H76O8Si4/c1-34-29(35-2)42-25-17-9-13-21-33(22-14-10-18-26-43-30(36-3)37-4,23-15-11-19-27-44-31(38-5)39-6)24-16-12-20-28-45-32(40-7)41-8/h29-32H,9-28,42-45H2,1-8H3. The Morgan fingerprint density at radius 3 is 0.689 bits per heavy atom. The summed E-state index contributed by atoms with van der Waals surface area (Å²) in [6.07, 6.45) is 21.7. The highest BCUT2D eigenvalue weighted by Crippen LogP contribution is 2.42. The van der Waals surface area contributed by atoms with Gasteiger partial charge in [0.1, 0.15) is 23.7 Å². The van der Waals surface area contributed by atoms with E-state index in [1.54, 1.807) is 56.9 Å². The smallest absolute Gasteiger partial charge is 0.134 e. The Kier molecular flexibility index (Phi) is 33.5. The van der Waals surface area contributed by atoms with Gasteiger partial charge >= 0.3 is 0 Å². The molecule has 0 aliphatic heterocycles. The predicted octanol–water partition coefficient (Wildman–Crippen LogP) is 4.87. The molecular formula is C33H76O8Si4. The van der Waals surface area contributed by atoms with Crippen molar-refractivity contribution in [2.24, 2.45) is 5.41 Å². The van der Waals surface area contributed by atoms with Crippen LogP contribution in [-0.4, -0.2) is 119 Å². The maximum Gasteiger partial charge on any atom is 0.134 e. The Morgan fingerprint density at radius 2 is 0.511 bits per heavy atom. The van der Waals surface area contributed by atoms with Crippen molar-refractivity contribution in [2.45, 2.75) is 151 Å². The molecule has 0 aromatic heterocycles. The molecule has 0 atom stereocenters. The van der Waals surface area contributed by atoms with E-state index in [9.17, 15) is 0 Å². The third kappa shape index (κ3) is 25.2. The van der Waals surface area contributed by atoms with Gasteiger partial charge in [-0.2, -0.15) is 0 Å².